The molecular weight excluding hydrogens is 202 g/mol. The van der Waals surface area contributed by atoms with Gasteiger partial charge in [-0.05, 0) is 44.8 Å². The first-order valence-electron chi connectivity index (χ1n) is 5.90. The van der Waals surface area contributed by atoms with Crippen molar-refractivity contribution in [1.29, 1.82) is 0 Å². The van der Waals surface area contributed by atoms with Crippen molar-refractivity contribution in [3.8, 4) is 0 Å². The Balaban J connectivity index is 1.81. The Morgan fingerprint density at radius 3 is 3.12 bits per heavy atom. The zero-order valence-electron chi connectivity index (χ0n) is 9.68. The number of carbonyl (C=O) groups is 1. The lowest BCUT2D eigenvalue weighted by atomic mass is 10.00. The van der Waals surface area contributed by atoms with E-state index in [4.69, 9.17) is 0 Å². The summed E-state index contributed by atoms with van der Waals surface area (Å²) in [7, 11) is 0. The summed E-state index contributed by atoms with van der Waals surface area (Å²) < 4.78 is 0. The normalized spacial score (nSPS) is 20.7. The summed E-state index contributed by atoms with van der Waals surface area (Å²) in [6.07, 6.45) is 4.22. The fourth-order valence-corrected chi connectivity index (χ4v) is 2.13. The Labute approximate surface area is 95.8 Å². The number of carbonyl (C=O) groups excluding carboxylic acids is 1. The molecule has 88 valence electrons. The lowest BCUT2D eigenvalue weighted by Crippen LogP contribution is -2.38. The quantitative estimate of drug-likeness (QED) is 0.714. The van der Waals surface area contributed by atoms with E-state index in [1.54, 1.807) is 6.20 Å². The first kappa shape index (κ1) is 11.2. The molecule has 2 rings (SSSR count). The molecule has 1 aromatic rings. The Morgan fingerprint density at radius 2 is 2.50 bits per heavy atom. The minimum atomic E-state index is 0.0318. The van der Waals surface area contributed by atoms with Gasteiger partial charge in [0, 0.05) is 18.4 Å². The Bertz CT molecular complexity index is 353. The van der Waals surface area contributed by atoms with Gasteiger partial charge in [-0.15, -0.1) is 0 Å². The second-order valence-corrected chi connectivity index (χ2v) is 4.44. The van der Waals surface area contributed by atoms with Gasteiger partial charge < -0.3 is 15.6 Å². The topological polar surface area (TPSA) is 56.9 Å². The van der Waals surface area contributed by atoms with Gasteiger partial charge in [0.1, 0.15) is 0 Å². The maximum atomic E-state index is 11.8. The summed E-state index contributed by atoms with van der Waals surface area (Å²) in [6.45, 7) is 4.82. The molecule has 1 unspecified atom stereocenters. The standard InChI is InChI=1S/C12H19N3O/c1-9-11(4-6-14-9)12(16)15-8-10-3-2-5-13-7-10/h4,6,10,13-14H,2-3,5,7-8H2,1H3,(H,15,16). The van der Waals surface area contributed by atoms with Gasteiger partial charge in [-0.25, -0.2) is 0 Å². The molecule has 1 aliphatic rings. The summed E-state index contributed by atoms with van der Waals surface area (Å²) in [5.74, 6) is 0.612. The molecular formula is C12H19N3O. The zero-order chi connectivity index (χ0) is 11.4. The smallest absolute Gasteiger partial charge is 0.253 e. The molecule has 0 bridgehead atoms. The predicted octanol–water partition coefficient (Wildman–Crippen LogP) is 1.05. The van der Waals surface area contributed by atoms with Crippen molar-refractivity contribution in [3.63, 3.8) is 0 Å². The third-order valence-corrected chi connectivity index (χ3v) is 3.15. The van der Waals surface area contributed by atoms with Gasteiger partial charge in [-0.2, -0.15) is 0 Å². The molecule has 1 aliphatic heterocycles. The molecule has 0 spiro atoms. The lowest BCUT2D eigenvalue weighted by molar-refractivity contribution is 0.0944. The summed E-state index contributed by atoms with van der Waals surface area (Å²) >= 11 is 0. The number of nitrogens with one attached hydrogen (secondary N) is 3. The van der Waals surface area contributed by atoms with Crippen LogP contribution < -0.4 is 10.6 Å². The number of rotatable bonds is 3. The maximum Gasteiger partial charge on any atom is 0.253 e. The highest BCUT2D eigenvalue weighted by atomic mass is 16.1. The predicted molar refractivity (Wildman–Crippen MR) is 63.5 cm³/mol. The third-order valence-electron chi connectivity index (χ3n) is 3.15. The van der Waals surface area contributed by atoms with Gasteiger partial charge in [-0.3, -0.25) is 4.79 Å². The van der Waals surface area contributed by atoms with E-state index >= 15 is 0 Å². The van der Waals surface area contributed by atoms with Crippen molar-refractivity contribution in [2.45, 2.75) is 19.8 Å². The molecule has 2 heterocycles. The Hall–Kier alpha value is -1.29. The molecule has 1 saturated heterocycles. The largest absolute Gasteiger partial charge is 0.365 e. The van der Waals surface area contributed by atoms with Gasteiger partial charge in [0.15, 0.2) is 0 Å². The van der Waals surface area contributed by atoms with Crippen LogP contribution in [0, 0.1) is 12.8 Å². The average molecular weight is 221 g/mol. The van der Waals surface area contributed by atoms with Crippen LogP contribution in [0.25, 0.3) is 0 Å². The number of aryl methyl sites for hydroxylation is 1. The number of aromatic nitrogens is 1. The van der Waals surface area contributed by atoms with E-state index in [9.17, 15) is 4.79 Å². The van der Waals surface area contributed by atoms with Crippen LogP contribution in [0.3, 0.4) is 0 Å². The number of amides is 1. The molecule has 1 atom stereocenters. The van der Waals surface area contributed by atoms with Crippen LogP contribution in [-0.2, 0) is 0 Å². The van der Waals surface area contributed by atoms with E-state index in [0.29, 0.717) is 5.92 Å². The van der Waals surface area contributed by atoms with Crippen molar-refractivity contribution < 1.29 is 4.79 Å². The van der Waals surface area contributed by atoms with Crippen LogP contribution >= 0.6 is 0 Å². The van der Waals surface area contributed by atoms with Gasteiger partial charge in [0.2, 0.25) is 0 Å². The van der Waals surface area contributed by atoms with E-state index < -0.39 is 0 Å². The molecule has 1 aromatic heterocycles. The lowest BCUT2D eigenvalue weighted by Gasteiger charge is -2.22. The second kappa shape index (κ2) is 5.16. The van der Waals surface area contributed by atoms with Crippen LogP contribution in [0.5, 0.6) is 0 Å². The number of piperidine rings is 1. The van der Waals surface area contributed by atoms with Crippen molar-refractivity contribution >= 4 is 5.91 Å². The van der Waals surface area contributed by atoms with Crippen molar-refractivity contribution in [2.75, 3.05) is 19.6 Å². The van der Waals surface area contributed by atoms with Crippen molar-refractivity contribution in [1.82, 2.24) is 15.6 Å². The van der Waals surface area contributed by atoms with Crippen LogP contribution in [0.4, 0.5) is 0 Å². The van der Waals surface area contributed by atoms with Crippen LogP contribution in [-0.4, -0.2) is 30.5 Å². The van der Waals surface area contributed by atoms with Crippen molar-refractivity contribution in [3.05, 3.63) is 23.5 Å². The molecule has 1 fully saturated rings. The molecule has 3 N–H and O–H groups in total. The van der Waals surface area contributed by atoms with Gasteiger partial charge in [0.05, 0.1) is 5.56 Å². The highest BCUT2D eigenvalue weighted by molar-refractivity contribution is 5.95. The van der Waals surface area contributed by atoms with E-state index in [1.807, 2.05) is 13.0 Å². The molecule has 4 heteroatoms. The highest BCUT2D eigenvalue weighted by Gasteiger charge is 2.15. The first-order valence-corrected chi connectivity index (χ1v) is 5.90. The van der Waals surface area contributed by atoms with Crippen LogP contribution in [0.15, 0.2) is 12.3 Å². The minimum absolute atomic E-state index is 0.0318. The van der Waals surface area contributed by atoms with Crippen LogP contribution in [0.2, 0.25) is 0 Å². The molecule has 0 aromatic carbocycles. The Kier molecular flexibility index (Phi) is 3.62. The van der Waals surface area contributed by atoms with E-state index in [2.05, 4.69) is 15.6 Å². The second-order valence-electron chi connectivity index (χ2n) is 4.44. The van der Waals surface area contributed by atoms with Gasteiger partial charge in [0.25, 0.3) is 5.91 Å². The SMILES string of the molecule is Cc1[nH]ccc1C(=O)NCC1CCCNC1. The fourth-order valence-electron chi connectivity index (χ4n) is 2.13. The molecule has 0 aliphatic carbocycles. The van der Waals surface area contributed by atoms with E-state index in [0.717, 1.165) is 30.9 Å². The average Bonchev–Trinajstić information content (AvgIpc) is 2.74. The number of H-pyrrole nitrogens is 1. The molecule has 1 amide bonds. The summed E-state index contributed by atoms with van der Waals surface area (Å²) in [6, 6.07) is 1.82. The summed E-state index contributed by atoms with van der Waals surface area (Å²) in [5.41, 5.74) is 1.68. The number of hydrogen-bond acceptors (Lipinski definition) is 2. The summed E-state index contributed by atoms with van der Waals surface area (Å²) in [4.78, 5) is 14.8. The maximum absolute atomic E-state index is 11.8. The fraction of sp³-hybridized carbons (Fsp3) is 0.583. The summed E-state index contributed by atoms with van der Waals surface area (Å²) in [5, 5.41) is 6.34. The van der Waals surface area contributed by atoms with E-state index in [1.165, 1.54) is 12.8 Å². The Morgan fingerprint density at radius 1 is 1.62 bits per heavy atom. The first-order chi connectivity index (χ1) is 7.77. The molecule has 4 nitrogen and oxygen atoms in total. The molecule has 16 heavy (non-hydrogen) atoms. The number of aromatic amines is 1. The highest BCUT2D eigenvalue weighted by Crippen LogP contribution is 2.09. The minimum Gasteiger partial charge on any atom is -0.365 e. The monoisotopic (exact) mass is 221 g/mol. The van der Waals surface area contributed by atoms with Crippen molar-refractivity contribution in [2.24, 2.45) is 5.92 Å². The van der Waals surface area contributed by atoms with Gasteiger partial charge >= 0.3 is 0 Å². The third kappa shape index (κ3) is 2.64. The molecule has 0 radical (unpaired) electrons. The molecule has 0 saturated carbocycles. The zero-order valence-corrected chi connectivity index (χ0v) is 9.68. The number of hydrogen-bond donors (Lipinski definition) is 3. The van der Waals surface area contributed by atoms with E-state index in [-0.39, 0.29) is 5.91 Å². The van der Waals surface area contributed by atoms with Gasteiger partial charge in [-0.1, -0.05) is 0 Å². The van der Waals surface area contributed by atoms with Crippen LogP contribution in [0.1, 0.15) is 28.9 Å².